The summed E-state index contributed by atoms with van der Waals surface area (Å²) in [4.78, 5) is 2.21. The molecule has 3 heteroatoms. The highest BCUT2D eigenvalue weighted by atomic mass is 19.1. The molecule has 0 aliphatic carbocycles. The van der Waals surface area contributed by atoms with E-state index >= 15 is 0 Å². The van der Waals surface area contributed by atoms with Gasteiger partial charge in [-0.25, -0.2) is 4.39 Å². The maximum Gasteiger partial charge on any atom is 0.124 e. The maximum absolute atomic E-state index is 13.6. The first-order valence-corrected chi connectivity index (χ1v) is 6.83. The quantitative estimate of drug-likeness (QED) is 0.858. The molecule has 0 radical (unpaired) electrons. The van der Waals surface area contributed by atoms with Crippen LogP contribution in [0.25, 0.3) is 0 Å². The molecule has 1 aromatic rings. The van der Waals surface area contributed by atoms with Gasteiger partial charge in [-0.15, -0.1) is 0 Å². The third-order valence-electron chi connectivity index (χ3n) is 3.62. The fourth-order valence-electron chi connectivity index (χ4n) is 2.04. The van der Waals surface area contributed by atoms with E-state index in [1.807, 2.05) is 13.1 Å². The van der Waals surface area contributed by atoms with Crippen molar-refractivity contribution in [2.45, 2.75) is 40.3 Å². The van der Waals surface area contributed by atoms with Crippen LogP contribution in [0.2, 0.25) is 0 Å². The van der Waals surface area contributed by atoms with Gasteiger partial charge >= 0.3 is 0 Å². The van der Waals surface area contributed by atoms with E-state index in [2.05, 4.69) is 44.4 Å². The molecule has 0 spiro atoms. The smallest absolute Gasteiger partial charge is 0.124 e. The highest BCUT2D eigenvalue weighted by molar-refractivity contribution is 5.37. The van der Waals surface area contributed by atoms with Crippen molar-refractivity contribution in [3.63, 3.8) is 0 Å². The molecule has 0 heterocycles. The van der Waals surface area contributed by atoms with Crippen LogP contribution in [0.1, 0.15) is 38.8 Å². The molecule has 0 saturated heterocycles. The highest BCUT2D eigenvalue weighted by Crippen LogP contribution is 2.24. The summed E-state index contributed by atoms with van der Waals surface area (Å²) in [5.41, 5.74) is 1.67. The number of aliphatic hydroxyl groups is 1. The Morgan fingerprint density at radius 3 is 2.50 bits per heavy atom. The number of hydrogen-bond donors (Lipinski definition) is 1. The molecule has 2 nitrogen and oxygen atoms in total. The topological polar surface area (TPSA) is 23.5 Å². The summed E-state index contributed by atoms with van der Waals surface area (Å²) in [5.74, 6) is 5.00. The van der Waals surface area contributed by atoms with Crippen LogP contribution < -0.4 is 0 Å². The van der Waals surface area contributed by atoms with Crippen LogP contribution in [0.3, 0.4) is 0 Å². The van der Waals surface area contributed by atoms with Gasteiger partial charge in [-0.05, 0) is 43.1 Å². The van der Waals surface area contributed by atoms with Gasteiger partial charge in [0, 0.05) is 18.2 Å². The van der Waals surface area contributed by atoms with Gasteiger partial charge in [0.2, 0.25) is 0 Å². The molecular weight excluding hydrogens is 253 g/mol. The van der Waals surface area contributed by atoms with Gasteiger partial charge in [0.1, 0.15) is 12.4 Å². The summed E-state index contributed by atoms with van der Waals surface area (Å²) in [6.45, 7) is 9.20. The van der Waals surface area contributed by atoms with E-state index < -0.39 is 0 Å². The van der Waals surface area contributed by atoms with Gasteiger partial charge in [-0.1, -0.05) is 32.6 Å². The summed E-state index contributed by atoms with van der Waals surface area (Å²) >= 11 is 0. The van der Waals surface area contributed by atoms with Crippen molar-refractivity contribution in [1.29, 1.82) is 0 Å². The van der Waals surface area contributed by atoms with E-state index in [9.17, 15) is 4.39 Å². The third kappa shape index (κ3) is 4.96. The van der Waals surface area contributed by atoms with Crippen LogP contribution >= 0.6 is 0 Å². The Kier molecular flexibility index (Phi) is 5.74. The van der Waals surface area contributed by atoms with Gasteiger partial charge in [-0.2, -0.15) is 0 Å². The summed E-state index contributed by atoms with van der Waals surface area (Å²) < 4.78 is 13.6. The lowest BCUT2D eigenvalue weighted by Crippen LogP contribution is -2.38. The zero-order valence-electron chi connectivity index (χ0n) is 13.0. The molecule has 1 atom stereocenters. The van der Waals surface area contributed by atoms with E-state index in [4.69, 9.17) is 5.11 Å². The average molecular weight is 277 g/mol. The molecule has 0 bridgehead atoms. The lowest BCUT2D eigenvalue weighted by Gasteiger charge is -2.35. The second kappa shape index (κ2) is 6.88. The predicted octanol–water partition coefficient (Wildman–Crippen LogP) is 3.04. The van der Waals surface area contributed by atoms with E-state index in [0.29, 0.717) is 18.2 Å². The highest BCUT2D eigenvalue weighted by Gasteiger charge is 2.23. The monoisotopic (exact) mass is 277 g/mol. The Bertz CT molecular complexity index is 508. The van der Waals surface area contributed by atoms with Crippen LogP contribution in [0.5, 0.6) is 0 Å². The third-order valence-corrected chi connectivity index (χ3v) is 3.62. The van der Waals surface area contributed by atoms with Gasteiger partial charge in [0.15, 0.2) is 0 Å². The second-order valence-electron chi connectivity index (χ2n) is 6.27. The zero-order valence-corrected chi connectivity index (χ0v) is 13.0. The molecular formula is C17H24FNO. The molecule has 0 fully saturated rings. The fourth-order valence-corrected chi connectivity index (χ4v) is 2.04. The van der Waals surface area contributed by atoms with E-state index in [1.165, 1.54) is 12.1 Å². The van der Waals surface area contributed by atoms with Crippen molar-refractivity contribution in [1.82, 2.24) is 4.90 Å². The largest absolute Gasteiger partial charge is 0.384 e. The van der Waals surface area contributed by atoms with Gasteiger partial charge in [0.25, 0.3) is 0 Å². The van der Waals surface area contributed by atoms with Crippen LogP contribution in [-0.4, -0.2) is 29.7 Å². The van der Waals surface area contributed by atoms with Gasteiger partial charge in [0.05, 0.1) is 0 Å². The molecule has 110 valence electrons. The molecule has 0 aliphatic rings. The Morgan fingerprint density at radius 2 is 1.95 bits per heavy atom. The summed E-state index contributed by atoms with van der Waals surface area (Å²) in [5, 5.41) is 8.70. The minimum atomic E-state index is -0.290. The number of nitrogens with zero attached hydrogens (tertiary/aromatic N) is 1. The SMILES string of the molecule is CC(N(C)Cc1cc(F)cc(C#CCO)c1)C(C)(C)C. The van der Waals surface area contributed by atoms with E-state index in [1.54, 1.807) is 0 Å². The number of benzene rings is 1. The van der Waals surface area contributed by atoms with E-state index in [0.717, 1.165) is 5.56 Å². The Hall–Kier alpha value is -1.37. The van der Waals surface area contributed by atoms with Crippen molar-refractivity contribution >= 4 is 0 Å². The average Bonchev–Trinajstić information content (AvgIpc) is 2.33. The molecule has 1 aromatic carbocycles. The van der Waals surface area contributed by atoms with E-state index in [-0.39, 0.29) is 17.8 Å². The van der Waals surface area contributed by atoms with Crippen LogP contribution in [0.4, 0.5) is 4.39 Å². The Labute approximate surface area is 121 Å². The first-order chi connectivity index (χ1) is 9.24. The number of aliphatic hydroxyl groups excluding tert-OH is 1. The molecule has 0 aliphatic heterocycles. The van der Waals surface area contributed by atoms with Crippen LogP contribution in [-0.2, 0) is 6.54 Å². The van der Waals surface area contributed by atoms with Gasteiger partial charge < -0.3 is 5.11 Å². The number of rotatable bonds is 3. The lowest BCUT2D eigenvalue weighted by atomic mass is 9.87. The molecule has 20 heavy (non-hydrogen) atoms. The van der Waals surface area contributed by atoms with Crippen LogP contribution in [0.15, 0.2) is 18.2 Å². The Morgan fingerprint density at radius 1 is 1.30 bits per heavy atom. The zero-order chi connectivity index (χ0) is 15.3. The summed E-state index contributed by atoms with van der Waals surface area (Å²) in [6, 6.07) is 5.17. The Balaban J connectivity index is 2.90. The molecule has 0 aromatic heterocycles. The minimum Gasteiger partial charge on any atom is -0.384 e. The van der Waals surface area contributed by atoms with Crippen molar-refractivity contribution < 1.29 is 9.50 Å². The lowest BCUT2D eigenvalue weighted by molar-refractivity contribution is 0.134. The van der Waals surface area contributed by atoms with Gasteiger partial charge in [-0.3, -0.25) is 4.90 Å². The summed E-state index contributed by atoms with van der Waals surface area (Å²) in [6.07, 6.45) is 0. The molecule has 1 N–H and O–H groups in total. The summed E-state index contributed by atoms with van der Waals surface area (Å²) in [7, 11) is 2.04. The molecule has 1 rings (SSSR count). The van der Waals surface area contributed by atoms with Crippen molar-refractivity contribution in [2.75, 3.05) is 13.7 Å². The normalized spacial score (nSPS) is 13.0. The maximum atomic E-state index is 13.6. The van der Waals surface area contributed by atoms with Crippen molar-refractivity contribution in [2.24, 2.45) is 5.41 Å². The standard InChI is InChI=1S/C17H24FNO/c1-13(17(2,3)4)19(5)12-15-9-14(7-6-8-20)10-16(18)11-15/h9-11,13,20H,8,12H2,1-5H3. The number of hydrogen-bond acceptors (Lipinski definition) is 2. The predicted molar refractivity (Wildman–Crippen MR) is 80.7 cm³/mol. The molecule has 0 amide bonds. The first-order valence-electron chi connectivity index (χ1n) is 6.83. The van der Waals surface area contributed by atoms with Crippen LogP contribution in [0, 0.1) is 23.1 Å². The first kappa shape index (κ1) is 16.7. The second-order valence-corrected chi connectivity index (χ2v) is 6.27. The minimum absolute atomic E-state index is 0.168. The number of halogens is 1. The molecule has 1 unspecified atom stereocenters. The van der Waals surface area contributed by atoms with Crippen molar-refractivity contribution in [3.8, 4) is 11.8 Å². The molecule has 0 saturated carbocycles. The fraction of sp³-hybridized carbons (Fsp3) is 0.529. The van der Waals surface area contributed by atoms with Crippen molar-refractivity contribution in [3.05, 3.63) is 35.1 Å².